The molecule has 2 aromatic carbocycles. The number of ether oxygens (including phenoxy) is 2. The van der Waals surface area contributed by atoms with Crippen LogP contribution in [0.25, 0.3) is 0 Å². The lowest BCUT2D eigenvalue weighted by Gasteiger charge is -2.16. The maximum Gasteiger partial charge on any atom is 0.261 e. The summed E-state index contributed by atoms with van der Waals surface area (Å²) in [4.78, 5) is 13.6. The monoisotopic (exact) mass is 404 g/mol. The molecule has 1 amide bonds. The minimum Gasteiger partial charge on any atom is -0.490 e. The van der Waals surface area contributed by atoms with E-state index in [9.17, 15) is 13.2 Å². The van der Waals surface area contributed by atoms with E-state index in [4.69, 9.17) is 9.47 Å². The highest BCUT2D eigenvalue weighted by molar-refractivity contribution is 7.92. The number of rotatable bonds is 8. The highest BCUT2D eigenvalue weighted by Gasteiger charge is 2.22. The van der Waals surface area contributed by atoms with Gasteiger partial charge in [0.15, 0.2) is 11.5 Å². The Labute approximate surface area is 165 Å². The van der Waals surface area contributed by atoms with Crippen LogP contribution in [0, 0.1) is 0 Å². The quantitative estimate of drug-likeness (QED) is 0.729. The molecule has 0 radical (unpaired) electrons. The number of nitrogens with zero attached hydrogens (tertiary/aromatic N) is 1. The van der Waals surface area contributed by atoms with E-state index in [-0.39, 0.29) is 10.8 Å². The van der Waals surface area contributed by atoms with Gasteiger partial charge >= 0.3 is 0 Å². The van der Waals surface area contributed by atoms with Crippen LogP contribution in [-0.4, -0.2) is 34.1 Å². The number of anilines is 2. The molecule has 0 saturated carbocycles. The molecule has 3 rings (SSSR count). The predicted octanol–water partition coefficient (Wildman–Crippen LogP) is 3.41. The molecule has 1 N–H and O–H groups in total. The van der Waals surface area contributed by atoms with Crippen LogP contribution in [0.1, 0.15) is 26.7 Å². The van der Waals surface area contributed by atoms with Gasteiger partial charge in [-0.15, -0.1) is 0 Å². The van der Waals surface area contributed by atoms with E-state index >= 15 is 0 Å². The highest BCUT2D eigenvalue weighted by Crippen LogP contribution is 2.32. The number of carbonyl (C=O) groups excluding carboxylic acids is 1. The van der Waals surface area contributed by atoms with Crippen LogP contribution in [0.3, 0.4) is 0 Å². The third-order valence-corrected chi connectivity index (χ3v) is 5.72. The lowest BCUT2D eigenvalue weighted by Crippen LogP contribution is -2.23. The summed E-state index contributed by atoms with van der Waals surface area (Å²) in [7, 11) is -3.77. The van der Waals surface area contributed by atoms with Gasteiger partial charge in [0.25, 0.3) is 10.0 Å². The first-order chi connectivity index (χ1) is 13.4. The zero-order chi connectivity index (χ0) is 20.1. The third kappa shape index (κ3) is 4.39. The summed E-state index contributed by atoms with van der Waals surface area (Å²) in [5.74, 6) is 1.10. The van der Waals surface area contributed by atoms with Gasteiger partial charge in [-0.05, 0) is 56.7 Å². The summed E-state index contributed by atoms with van der Waals surface area (Å²) in [5, 5.41) is 0. The smallest absolute Gasteiger partial charge is 0.261 e. The van der Waals surface area contributed by atoms with Gasteiger partial charge in [-0.1, -0.05) is 0 Å². The van der Waals surface area contributed by atoms with Gasteiger partial charge in [0.05, 0.1) is 23.8 Å². The topological polar surface area (TPSA) is 84.9 Å². The fourth-order valence-corrected chi connectivity index (χ4v) is 4.10. The first-order valence-electron chi connectivity index (χ1n) is 9.27. The highest BCUT2D eigenvalue weighted by atomic mass is 32.2. The van der Waals surface area contributed by atoms with E-state index in [2.05, 4.69) is 4.72 Å². The molecule has 28 heavy (non-hydrogen) atoms. The summed E-state index contributed by atoms with van der Waals surface area (Å²) in [6.45, 7) is 5.30. The van der Waals surface area contributed by atoms with Crippen LogP contribution >= 0.6 is 0 Å². The van der Waals surface area contributed by atoms with Crippen molar-refractivity contribution in [3.63, 3.8) is 0 Å². The zero-order valence-corrected chi connectivity index (χ0v) is 16.8. The molecule has 150 valence electrons. The third-order valence-electron chi connectivity index (χ3n) is 4.33. The molecule has 0 atom stereocenters. The van der Waals surface area contributed by atoms with Crippen molar-refractivity contribution in [3.8, 4) is 11.5 Å². The molecule has 8 heteroatoms. The number of hydrogen-bond acceptors (Lipinski definition) is 5. The van der Waals surface area contributed by atoms with Gasteiger partial charge in [0.1, 0.15) is 0 Å². The minimum absolute atomic E-state index is 0.0616. The molecule has 0 unspecified atom stereocenters. The van der Waals surface area contributed by atoms with E-state index in [1.54, 1.807) is 35.2 Å². The van der Waals surface area contributed by atoms with Crippen molar-refractivity contribution in [1.82, 2.24) is 0 Å². The second kappa shape index (κ2) is 8.52. The molecule has 0 spiro atoms. The molecule has 1 heterocycles. The fourth-order valence-electron chi connectivity index (χ4n) is 3.06. The number of carbonyl (C=O) groups is 1. The molecule has 1 saturated heterocycles. The fraction of sp³-hybridized carbons (Fsp3) is 0.350. The summed E-state index contributed by atoms with van der Waals surface area (Å²) in [5.41, 5.74) is 1.09. The van der Waals surface area contributed by atoms with E-state index in [0.29, 0.717) is 49.1 Å². The first kappa shape index (κ1) is 20.0. The first-order valence-corrected chi connectivity index (χ1v) is 10.8. The molecule has 0 aromatic heterocycles. The molecule has 2 aromatic rings. The molecule has 1 aliphatic heterocycles. The van der Waals surface area contributed by atoms with Crippen LogP contribution in [-0.2, 0) is 14.8 Å². The Hall–Kier alpha value is -2.74. The van der Waals surface area contributed by atoms with Crippen molar-refractivity contribution in [1.29, 1.82) is 0 Å². The Kier molecular flexibility index (Phi) is 6.08. The normalized spacial score (nSPS) is 14.2. The van der Waals surface area contributed by atoms with Crippen LogP contribution in [0.15, 0.2) is 47.4 Å². The molecule has 1 fully saturated rings. The molecular weight excluding hydrogens is 380 g/mol. The van der Waals surface area contributed by atoms with Gasteiger partial charge < -0.3 is 14.4 Å². The number of hydrogen-bond donors (Lipinski definition) is 1. The Morgan fingerprint density at radius 2 is 1.68 bits per heavy atom. The van der Waals surface area contributed by atoms with Crippen LogP contribution in [0.4, 0.5) is 11.4 Å². The van der Waals surface area contributed by atoms with E-state index in [1.807, 2.05) is 13.8 Å². The molecule has 0 aliphatic carbocycles. The largest absolute Gasteiger partial charge is 0.490 e. The van der Waals surface area contributed by atoms with E-state index < -0.39 is 10.0 Å². The summed E-state index contributed by atoms with van der Waals surface area (Å²) < 4.78 is 39.0. The van der Waals surface area contributed by atoms with Crippen LogP contribution < -0.4 is 19.1 Å². The van der Waals surface area contributed by atoms with Crippen molar-refractivity contribution in [3.05, 3.63) is 42.5 Å². The summed E-state index contributed by atoms with van der Waals surface area (Å²) in [6, 6.07) is 11.2. The van der Waals surface area contributed by atoms with Crippen molar-refractivity contribution in [2.45, 2.75) is 31.6 Å². The molecule has 0 bridgehead atoms. The van der Waals surface area contributed by atoms with Gasteiger partial charge in [0, 0.05) is 24.7 Å². The maximum absolute atomic E-state index is 12.7. The van der Waals surface area contributed by atoms with Crippen LogP contribution in [0.5, 0.6) is 11.5 Å². The maximum atomic E-state index is 12.7. The average Bonchev–Trinajstić information content (AvgIpc) is 3.10. The lowest BCUT2D eigenvalue weighted by molar-refractivity contribution is -0.117. The minimum atomic E-state index is -3.77. The number of nitrogens with one attached hydrogen (secondary N) is 1. The SMILES string of the molecule is CCOc1ccc(NS(=O)(=O)c2ccc(N3CCCC3=O)cc2)cc1OCC. The predicted molar refractivity (Wildman–Crippen MR) is 108 cm³/mol. The van der Waals surface area contributed by atoms with Crippen molar-refractivity contribution in [2.75, 3.05) is 29.4 Å². The number of amides is 1. The van der Waals surface area contributed by atoms with Gasteiger partial charge in [-0.25, -0.2) is 8.42 Å². The zero-order valence-electron chi connectivity index (χ0n) is 16.0. The Morgan fingerprint density at radius 3 is 2.29 bits per heavy atom. The lowest BCUT2D eigenvalue weighted by atomic mass is 10.3. The van der Waals surface area contributed by atoms with Crippen molar-refractivity contribution in [2.24, 2.45) is 0 Å². The standard InChI is InChI=1S/C20H24N2O5S/c1-3-26-18-12-7-15(14-19(18)27-4-2)21-28(24,25)17-10-8-16(9-11-17)22-13-5-6-20(22)23/h7-12,14,21H,3-6,13H2,1-2H3. The second-order valence-electron chi connectivity index (χ2n) is 6.28. The number of sulfonamides is 1. The van der Waals surface area contributed by atoms with Gasteiger partial charge in [-0.3, -0.25) is 9.52 Å². The molecule has 7 nitrogen and oxygen atoms in total. The molecular formula is C20H24N2O5S. The Bertz CT molecular complexity index is 942. The summed E-state index contributed by atoms with van der Waals surface area (Å²) >= 11 is 0. The van der Waals surface area contributed by atoms with E-state index in [1.165, 1.54) is 12.1 Å². The van der Waals surface area contributed by atoms with E-state index in [0.717, 1.165) is 6.42 Å². The van der Waals surface area contributed by atoms with Gasteiger partial charge in [0.2, 0.25) is 5.91 Å². The van der Waals surface area contributed by atoms with Crippen LogP contribution in [0.2, 0.25) is 0 Å². The van der Waals surface area contributed by atoms with Gasteiger partial charge in [-0.2, -0.15) is 0 Å². The van der Waals surface area contributed by atoms with Crippen molar-refractivity contribution >= 4 is 27.3 Å². The average molecular weight is 404 g/mol. The Balaban J connectivity index is 1.79. The van der Waals surface area contributed by atoms with Crippen molar-refractivity contribution < 1.29 is 22.7 Å². The summed E-state index contributed by atoms with van der Waals surface area (Å²) in [6.07, 6.45) is 1.35. The number of benzene rings is 2. The Morgan fingerprint density at radius 1 is 1.00 bits per heavy atom. The second-order valence-corrected chi connectivity index (χ2v) is 7.96. The molecule has 1 aliphatic rings.